The zero-order valence-corrected chi connectivity index (χ0v) is 8.02. The minimum atomic E-state index is -0.882. The van der Waals surface area contributed by atoms with Gasteiger partial charge in [0.25, 0.3) is 0 Å². The molecule has 1 atom stereocenters. The molecule has 0 saturated heterocycles. The van der Waals surface area contributed by atoms with Crippen molar-refractivity contribution in [3.63, 3.8) is 0 Å². The van der Waals surface area contributed by atoms with Crippen molar-refractivity contribution in [3.05, 3.63) is 29.6 Å². The lowest BCUT2D eigenvalue weighted by molar-refractivity contribution is -0.141. The highest BCUT2D eigenvalue weighted by atomic mass is 16.5. The highest BCUT2D eigenvalue weighted by molar-refractivity contribution is 5.81. The van der Waals surface area contributed by atoms with Crippen molar-refractivity contribution < 1.29 is 9.53 Å². The summed E-state index contributed by atoms with van der Waals surface area (Å²) >= 11 is 0. The monoisotopic (exact) mass is 190 g/mol. The van der Waals surface area contributed by atoms with Gasteiger partial charge in [-0.15, -0.1) is 0 Å². The third-order valence-electron chi connectivity index (χ3n) is 1.80. The Hall–Kier alpha value is -1.89. The van der Waals surface area contributed by atoms with Crippen molar-refractivity contribution in [2.45, 2.75) is 12.8 Å². The Labute approximate surface area is 82.1 Å². The van der Waals surface area contributed by atoms with E-state index in [1.165, 1.54) is 13.3 Å². The van der Waals surface area contributed by atoms with Gasteiger partial charge in [-0.05, 0) is 18.1 Å². The third-order valence-corrected chi connectivity index (χ3v) is 1.80. The number of nitriles is 1. The molecule has 1 aromatic rings. The number of hydrogen-bond acceptors (Lipinski definition) is 4. The van der Waals surface area contributed by atoms with E-state index in [2.05, 4.69) is 9.72 Å². The number of aromatic nitrogens is 1. The minimum Gasteiger partial charge on any atom is -0.468 e. The van der Waals surface area contributed by atoms with Gasteiger partial charge in [-0.1, -0.05) is 6.07 Å². The predicted molar refractivity (Wildman–Crippen MR) is 49.3 cm³/mol. The van der Waals surface area contributed by atoms with E-state index in [0.29, 0.717) is 5.56 Å². The largest absolute Gasteiger partial charge is 0.468 e. The zero-order chi connectivity index (χ0) is 10.6. The van der Waals surface area contributed by atoms with Crippen molar-refractivity contribution in [1.29, 1.82) is 5.26 Å². The van der Waals surface area contributed by atoms with Crippen LogP contribution in [0.15, 0.2) is 18.5 Å². The molecular formula is C10H10N2O2. The van der Waals surface area contributed by atoms with Crippen LogP contribution in [0.4, 0.5) is 0 Å². The van der Waals surface area contributed by atoms with Crippen LogP contribution < -0.4 is 0 Å². The summed E-state index contributed by atoms with van der Waals surface area (Å²) in [4.78, 5) is 15.1. The first-order chi connectivity index (χ1) is 6.69. The summed E-state index contributed by atoms with van der Waals surface area (Å²) in [5.41, 5.74) is 1.48. The van der Waals surface area contributed by atoms with Crippen LogP contribution in [-0.4, -0.2) is 18.1 Å². The van der Waals surface area contributed by atoms with E-state index in [1.807, 2.05) is 13.0 Å². The van der Waals surface area contributed by atoms with Crippen LogP contribution in [0.3, 0.4) is 0 Å². The summed E-state index contributed by atoms with van der Waals surface area (Å²) in [5, 5.41) is 8.79. The molecule has 4 heteroatoms. The van der Waals surface area contributed by atoms with Gasteiger partial charge in [0.05, 0.1) is 13.2 Å². The molecule has 4 nitrogen and oxygen atoms in total. The molecule has 0 radical (unpaired) electrons. The fourth-order valence-electron chi connectivity index (χ4n) is 1.12. The van der Waals surface area contributed by atoms with Gasteiger partial charge in [0.15, 0.2) is 5.92 Å². The van der Waals surface area contributed by atoms with Crippen LogP contribution in [0, 0.1) is 18.3 Å². The molecule has 0 spiro atoms. The molecule has 1 aromatic heterocycles. The van der Waals surface area contributed by atoms with Crippen LogP contribution in [-0.2, 0) is 9.53 Å². The van der Waals surface area contributed by atoms with Crippen molar-refractivity contribution in [1.82, 2.24) is 4.98 Å². The van der Waals surface area contributed by atoms with Crippen LogP contribution in [0.5, 0.6) is 0 Å². The molecule has 0 aliphatic heterocycles. The highest BCUT2D eigenvalue weighted by Gasteiger charge is 2.20. The minimum absolute atomic E-state index is 0.556. The normalized spacial score (nSPS) is 11.5. The molecule has 1 rings (SSSR count). The lowest BCUT2D eigenvalue weighted by Gasteiger charge is -2.06. The quantitative estimate of drug-likeness (QED) is 0.656. The Bertz CT molecular complexity index is 382. The van der Waals surface area contributed by atoms with Gasteiger partial charge in [-0.25, -0.2) is 0 Å². The third kappa shape index (κ3) is 2.07. The number of esters is 1. The first-order valence-corrected chi connectivity index (χ1v) is 4.08. The summed E-state index contributed by atoms with van der Waals surface area (Å²) in [6.45, 7) is 1.85. The number of carbonyl (C=O) groups excluding carboxylic acids is 1. The molecule has 0 saturated carbocycles. The molecule has 14 heavy (non-hydrogen) atoms. The first kappa shape index (κ1) is 10.2. The SMILES string of the molecule is COC(=O)C(C#N)c1cncc(C)c1. The van der Waals surface area contributed by atoms with E-state index in [9.17, 15) is 4.79 Å². The Kier molecular flexibility index (Phi) is 3.19. The first-order valence-electron chi connectivity index (χ1n) is 4.08. The van der Waals surface area contributed by atoms with Crippen LogP contribution >= 0.6 is 0 Å². The smallest absolute Gasteiger partial charge is 0.327 e. The number of pyridine rings is 1. The number of hydrogen-bond donors (Lipinski definition) is 0. The molecule has 0 bridgehead atoms. The van der Waals surface area contributed by atoms with Gasteiger partial charge in [-0.3, -0.25) is 9.78 Å². The van der Waals surface area contributed by atoms with E-state index in [4.69, 9.17) is 5.26 Å². The zero-order valence-electron chi connectivity index (χ0n) is 8.02. The number of ether oxygens (including phenoxy) is 1. The lowest BCUT2D eigenvalue weighted by Crippen LogP contribution is -2.12. The van der Waals surface area contributed by atoms with E-state index >= 15 is 0 Å². The second kappa shape index (κ2) is 4.38. The van der Waals surface area contributed by atoms with E-state index in [1.54, 1.807) is 12.3 Å². The van der Waals surface area contributed by atoms with Gasteiger partial charge in [0, 0.05) is 12.4 Å². The van der Waals surface area contributed by atoms with Gasteiger partial charge < -0.3 is 4.74 Å². The molecular weight excluding hydrogens is 180 g/mol. The van der Waals surface area contributed by atoms with Crippen molar-refractivity contribution in [2.24, 2.45) is 0 Å². The molecule has 0 aromatic carbocycles. The van der Waals surface area contributed by atoms with Gasteiger partial charge in [0.1, 0.15) is 0 Å². The van der Waals surface area contributed by atoms with E-state index < -0.39 is 11.9 Å². The molecule has 0 amide bonds. The fourth-order valence-corrected chi connectivity index (χ4v) is 1.12. The Balaban J connectivity index is 3.02. The van der Waals surface area contributed by atoms with Crippen LogP contribution in [0.2, 0.25) is 0 Å². The average molecular weight is 190 g/mol. The summed E-state index contributed by atoms with van der Waals surface area (Å²) in [5.74, 6) is -1.44. The number of aryl methyl sites for hydroxylation is 1. The molecule has 72 valence electrons. The average Bonchev–Trinajstić information content (AvgIpc) is 2.19. The predicted octanol–water partition coefficient (Wildman–Crippen LogP) is 1.17. The Morgan fingerprint density at radius 1 is 1.64 bits per heavy atom. The summed E-state index contributed by atoms with van der Waals surface area (Å²) in [6, 6.07) is 3.63. The topological polar surface area (TPSA) is 63.0 Å². The molecule has 1 unspecified atom stereocenters. The Morgan fingerprint density at radius 3 is 2.86 bits per heavy atom. The van der Waals surface area contributed by atoms with Crippen molar-refractivity contribution >= 4 is 5.97 Å². The highest BCUT2D eigenvalue weighted by Crippen LogP contribution is 2.16. The van der Waals surface area contributed by atoms with Crippen LogP contribution in [0.25, 0.3) is 0 Å². The summed E-state index contributed by atoms with van der Waals surface area (Å²) < 4.78 is 4.51. The van der Waals surface area contributed by atoms with Crippen LogP contribution in [0.1, 0.15) is 17.0 Å². The van der Waals surface area contributed by atoms with Gasteiger partial charge in [-0.2, -0.15) is 5.26 Å². The van der Waals surface area contributed by atoms with Crippen molar-refractivity contribution in [2.75, 3.05) is 7.11 Å². The van der Waals surface area contributed by atoms with E-state index in [-0.39, 0.29) is 0 Å². The number of carbonyl (C=O) groups is 1. The number of nitrogens with zero attached hydrogens (tertiary/aromatic N) is 2. The summed E-state index contributed by atoms with van der Waals surface area (Å²) in [6.07, 6.45) is 3.16. The lowest BCUT2D eigenvalue weighted by atomic mass is 10.0. The molecule has 1 heterocycles. The second-order valence-electron chi connectivity index (χ2n) is 2.88. The maximum absolute atomic E-state index is 11.2. The Morgan fingerprint density at radius 2 is 2.36 bits per heavy atom. The van der Waals surface area contributed by atoms with Gasteiger partial charge >= 0.3 is 5.97 Å². The number of methoxy groups -OCH3 is 1. The molecule has 0 aliphatic rings. The number of rotatable bonds is 2. The molecule has 0 aliphatic carbocycles. The standard InChI is InChI=1S/C10H10N2O2/c1-7-3-8(6-12-5-7)9(4-11)10(13)14-2/h3,5-6,9H,1-2H3. The van der Waals surface area contributed by atoms with Crippen molar-refractivity contribution in [3.8, 4) is 6.07 Å². The fraction of sp³-hybridized carbons (Fsp3) is 0.300. The van der Waals surface area contributed by atoms with E-state index in [0.717, 1.165) is 5.56 Å². The summed E-state index contributed by atoms with van der Waals surface area (Å²) in [7, 11) is 1.26. The second-order valence-corrected chi connectivity index (χ2v) is 2.88. The maximum atomic E-state index is 11.2. The maximum Gasteiger partial charge on any atom is 0.327 e. The van der Waals surface area contributed by atoms with Gasteiger partial charge in [0.2, 0.25) is 0 Å². The molecule has 0 N–H and O–H groups in total. The molecule has 0 fully saturated rings.